The molecule has 3 heterocycles. The van der Waals surface area contributed by atoms with Crippen LogP contribution in [0.2, 0.25) is 0 Å². The second-order valence-electron chi connectivity index (χ2n) is 7.57. The second-order valence-corrected chi connectivity index (χ2v) is 8.65. The third kappa shape index (κ3) is 3.93. The lowest BCUT2D eigenvalue weighted by atomic mass is 10.0. The van der Waals surface area contributed by atoms with Crippen LogP contribution in [0.25, 0.3) is 27.9 Å². The van der Waals surface area contributed by atoms with Gasteiger partial charge in [0.1, 0.15) is 0 Å². The molecule has 11 heteroatoms. The number of aryl methyl sites for hydroxylation is 1. The van der Waals surface area contributed by atoms with Crippen molar-refractivity contribution >= 4 is 39.5 Å². The molecule has 5 rings (SSSR count). The quantitative estimate of drug-likeness (QED) is 0.328. The van der Waals surface area contributed by atoms with Crippen LogP contribution in [0.15, 0.2) is 63.9 Å². The topological polar surface area (TPSA) is 129 Å². The molecule has 5 aromatic rings. The first-order chi connectivity index (χ1) is 15.9. The minimum atomic E-state index is -2.07. The van der Waals surface area contributed by atoms with Gasteiger partial charge in [-0.25, -0.2) is 18.5 Å². The molecule has 0 spiro atoms. The number of aromatic amines is 1. The van der Waals surface area contributed by atoms with Gasteiger partial charge in [-0.05, 0) is 36.8 Å². The maximum atomic E-state index is 11.5. The zero-order valence-electron chi connectivity index (χ0n) is 17.8. The summed E-state index contributed by atoms with van der Waals surface area (Å²) >= 11 is -2.07. The number of H-pyrrole nitrogens is 1. The minimum Gasteiger partial charge on any atom is -0.407 e. The Morgan fingerprint density at radius 3 is 2.85 bits per heavy atom. The van der Waals surface area contributed by atoms with Gasteiger partial charge in [0.25, 0.3) is 0 Å². The number of oxazole rings is 1. The molecule has 1 atom stereocenters. The number of fused-ring (bicyclic) bond motifs is 2. The highest BCUT2D eigenvalue weighted by atomic mass is 32.2. The summed E-state index contributed by atoms with van der Waals surface area (Å²) in [7, 11) is 1.58. The van der Waals surface area contributed by atoms with Crippen molar-refractivity contribution in [3.8, 4) is 11.3 Å². The fraction of sp³-hybridized carbons (Fsp3) is 0.136. The standard InChI is InChI=1S/C22H20N6O4S/c1-13-17(8-9-18-20(13)32-22(29)25-18)24-21-23-11-15-7-10-19(28(15)26-21)16-6-4-3-5-14(16)12-27(2)33(30)31/h3-11H,12H2,1-2H3,(H,24,26)(H,25,29)(H,30,31). The number of anilines is 2. The van der Waals surface area contributed by atoms with E-state index >= 15 is 0 Å². The van der Waals surface area contributed by atoms with Gasteiger partial charge in [0.05, 0.1) is 22.9 Å². The summed E-state index contributed by atoms with van der Waals surface area (Å²) < 4.78 is 29.1. The molecular formula is C22H20N6O4S. The largest absolute Gasteiger partial charge is 0.417 e. The Hall–Kier alpha value is -3.80. The van der Waals surface area contributed by atoms with Gasteiger partial charge in [-0.15, -0.1) is 5.10 Å². The van der Waals surface area contributed by atoms with Crippen molar-refractivity contribution in [1.82, 2.24) is 23.9 Å². The van der Waals surface area contributed by atoms with E-state index in [-0.39, 0.29) is 0 Å². The summed E-state index contributed by atoms with van der Waals surface area (Å²) in [6.07, 6.45) is 1.71. The van der Waals surface area contributed by atoms with Crippen LogP contribution in [-0.2, 0) is 17.8 Å². The Kier molecular flexibility index (Phi) is 5.29. The van der Waals surface area contributed by atoms with Gasteiger partial charge in [0.15, 0.2) is 5.58 Å². The highest BCUT2D eigenvalue weighted by Crippen LogP contribution is 2.28. The number of aromatic nitrogens is 4. The summed E-state index contributed by atoms with van der Waals surface area (Å²) in [4.78, 5) is 18.6. The molecule has 0 aliphatic rings. The molecule has 1 unspecified atom stereocenters. The number of rotatable bonds is 6. The van der Waals surface area contributed by atoms with Crippen LogP contribution in [0.3, 0.4) is 0 Å². The molecule has 0 aliphatic heterocycles. The molecule has 0 fully saturated rings. The second kappa shape index (κ2) is 8.28. The molecule has 10 nitrogen and oxygen atoms in total. The van der Waals surface area contributed by atoms with Crippen LogP contribution in [0.1, 0.15) is 11.1 Å². The SMILES string of the molecule is Cc1c(Nc2ncc3ccc(-c4ccccc4CN(C)S(=O)O)n3n2)ccc2[nH]c(=O)oc12. The maximum Gasteiger partial charge on any atom is 0.417 e. The van der Waals surface area contributed by atoms with E-state index in [2.05, 4.69) is 20.4 Å². The van der Waals surface area contributed by atoms with Gasteiger partial charge in [-0.2, -0.15) is 4.31 Å². The molecular weight excluding hydrogens is 444 g/mol. The fourth-order valence-corrected chi connectivity index (χ4v) is 4.02. The molecule has 0 saturated heterocycles. The highest BCUT2D eigenvalue weighted by molar-refractivity contribution is 7.76. The van der Waals surface area contributed by atoms with Crippen LogP contribution in [-0.4, -0.2) is 39.7 Å². The maximum absolute atomic E-state index is 11.5. The number of nitrogens with one attached hydrogen (secondary N) is 2. The lowest BCUT2D eigenvalue weighted by Crippen LogP contribution is -2.20. The summed E-state index contributed by atoms with van der Waals surface area (Å²) in [5.74, 6) is -0.138. The van der Waals surface area contributed by atoms with Gasteiger partial charge in [-0.3, -0.25) is 9.54 Å². The Bertz CT molecular complexity index is 1570. The van der Waals surface area contributed by atoms with Gasteiger partial charge in [0.2, 0.25) is 17.2 Å². The summed E-state index contributed by atoms with van der Waals surface area (Å²) in [6.45, 7) is 2.14. The lowest BCUT2D eigenvalue weighted by molar-refractivity contribution is 0.445. The highest BCUT2D eigenvalue weighted by Gasteiger charge is 2.15. The summed E-state index contributed by atoms with van der Waals surface area (Å²) in [6, 6.07) is 15.1. The van der Waals surface area contributed by atoms with E-state index in [9.17, 15) is 13.6 Å². The van der Waals surface area contributed by atoms with Crippen molar-refractivity contribution in [2.45, 2.75) is 13.5 Å². The zero-order valence-corrected chi connectivity index (χ0v) is 18.6. The first kappa shape index (κ1) is 21.1. The zero-order chi connectivity index (χ0) is 23.1. The fourth-order valence-electron chi connectivity index (χ4n) is 3.77. The van der Waals surface area contributed by atoms with Crippen molar-refractivity contribution in [2.75, 3.05) is 12.4 Å². The van der Waals surface area contributed by atoms with Crippen LogP contribution in [0.5, 0.6) is 0 Å². The van der Waals surface area contributed by atoms with E-state index in [0.29, 0.717) is 29.3 Å². The average Bonchev–Trinajstić information content (AvgIpc) is 3.39. The predicted molar refractivity (Wildman–Crippen MR) is 126 cm³/mol. The van der Waals surface area contributed by atoms with Gasteiger partial charge < -0.3 is 9.73 Å². The third-order valence-corrected chi connectivity index (χ3v) is 6.10. The van der Waals surface area contributed by atoms with E-state index in [1.165, 1.54) is 4.31 Å². The summed E-state index contributed by atoms with van der Waals surface area (Å²) in [5, 5.41) is 7.86. The van der Waals surface area contributed by atoms with E-state index in [1.54, 1.807) is 23.8 Å². The first-order valence-electron chi connectivity index (χ1n) is 10.1. The number of hydrogen-bond acceptors (Lipinski definition) is 6. The van der Waals surface area contributed by atoms with E-state index < -0.39 is 17.0 Å². The van der Waals surface area contributed by atoms with Crippen molar-refractivity contribution < 1.29 is 13.2 Å². The molecule has 0 aliphatic carbocycles. The van der Waals surface area contributed by atoms with Crippen LogP contribution < -0.4 is 11.1 Å². The number of nitrogens with zero attached hydrogens (tertiary/aromatic N) is 4. The molecule has 0 bridgehead atoms. The van der Waals surface area contributed by atoms with Crippen molar-refractivity contribution in [3.05, 3.63) is 76.4 Å². The van der Waals surface area contributed by atoms with Gasteiger partial charge in [0, 0.05) is 30.4 Å². The van der Waals surface area contributed by atoms with Crippen LogP contribution in [0.4, 0.5) is 11.6 Å². The predicted octanol–water partition coefficient (Wildman–Crippen LogP) is 3.45. The molecule has 0 radical (unpaired) electrons. The monoisotopic (exact) mass is 464 g/mol. The van der Waals surface area contributed by atoms with E-state index in [0.717, 1.165) is 27.9 Å². The normalized spacial score (nSPS) is 12.6. The first-order valence-corrected chi connectivity index (χ1v) is 11.1. The van der Waals surface area contributed by atoms with Crippen molar-refractivity contribution in [3.63, 3.8) is 0 Å². The minimum absolute atomic E-state index is 0.295. The van der Waals surface area contributed by atoms with Crippen LogP contribution >= 0.6 is 0 Å². The molecule has 168 valence electrons. The molecule has 3 N–H and O–H groups in total. The van der Waals surface area contributed by atoms with E-state index in [1.807, 2.05) is 49.4 Å². The Morgan fingerprint density at radius 2 is 2.03 bits per heavy atom. The Labute approximate surface area is 190 Å². The average molecular weight is 465 g/mol. The molecule has 33 heavy (non-hydrogen) atoms. The molecule has 2 aromatic carbocycles. The molecule has 0 amide bonds. The Morgan fingerprint density at radius 1 is 1.21 bits per heavy atom. The van der Waals surface area contributed by atoms with Crippen LogP contribution in [0, 0.1) is 6.92 Å². The van der Waals surface area contributed by atoms with Gasteiger partial charge >= 0.3 is 5.76 Å². The number of hydrogen-bond donors (Lipinski definition) is 3. The van der Waals surface area contributed by atoms with Crippen molar-refractivity contribution in [1.29, 1.82) is 0 Å². The molecule has 3 aromatic heterocycles. The molecule has 0 saturated carbocycles. The lowest BCUT2D eigenvalue weighted by Gasteiger charge is -2.15. The van der Waals surface area contributed by atoms with E-state index in [4.69, 9.17) is 4.42 Å². The van der Waals surface area contributed by atoms with Crippen molar-refractivity contribution in [2.24, 2.45) is 0 Å². The smallest absolute Gasteiger partial charge is 0.407 e. The van der Waals surface area contributed by atoms with Gasteiger partial charge in [-0.1, -0.05) is 24.3 Å². The number of benzene rings is 2. The third-order valence-electron chi connectivity index (χ3n) is 5.44. The summed E-state index contributed by atoms with van der Waals surface area (Å²) in [5.41, 5.74) is 5.98. The Balaban J connectivity index is 1.54.